The number of ether oxygens (including phenoxy) is 1. The average Bonchev–Trinajstić information content (AvgIpc) is 2.26. The van der Waals surface area contributed by atoms with E-state index in [1.54, 1.807) is 31.2 Å². The lowest BCUT2D eigenvalue weighted by Gasteiger charge is -2.31. The molecule has 0 spiro atoms. The summed E-state index contributed by atoms with van der Waals surface area (Å²) in [4.78, 5) is 0. The van der Waals surface area contributed by atoms with E-state index in [9.17, 15) is 8.42 Å². The Morgan fingerprint density at radius 3 is 2.69 bits per heavy atom. The molecule has 1 aromatic carbocycles. The first-order valence-corrected chi connectivity index (χ1v) is 6.76. The molecule has 4 nitrogen and oxygen atoms in total. The smallest absolute Gasteiger partial charge is 0.236 e. The summed E-state index contributed by atoms with van der Waals surface area (Å²) in [5, 5.41) is 0. The Bertz CT molecular complexity index is 534. The van der Waals surface area contributed by atoms with Crippen molar-refractivity contribution in [3.63, 3.8) is 0 Å². The summed E-state index contributed by atoms with van der Waals surface area (Å²) in [5.74, 6) is 0.596. The molecule has 0 fully saturated rings. The minimum atomic E-state index is -3.32. The molecule has 1 heterocycles. The quantitative estimate of drug-likeness (QED) is 0.750. The number of para-hydroxylation sites is 2. The fourth-order valence-electron chi connectivity index (χ4n) is 1.70. The van der Waals surface area contributed by atoms with Gasteiger partial charge in [-0.2, -0.15) is 0 Å². The molecule has 0 aliphatic carbocycles. The van der Waals surface area contributed by atoms with E-state index in [0.29, 0.717) is 17.1 Å². The van der Waals surface area contributed by atoms with E-state index in [0.717, 1.165) is 0 Å². The van der Waals surface area contributed by atoms with E-state index >= 15 is 0 Å². The number of hydrogen-bond donors (Lipinski definition) is 0. The third kappa shape index (κ3) is 1.78. The molecule has 0 N–H and O–H groups in total. The van der Waals surface area contributed by atoms with Crippen LogP contribution in [0.25, 0.3) is 0 Å². The first-order chi connectivity index (χ1) is 7.54. The van der Waals surface area contributed by atoms with Gasteiger partial charge in [0, 0.05) is 0 Å². The number of fused-ring (bicyclic) bond motifs is 1. The number of nitrogens with zero attached hydrogens (tertiary/aromatic N) is 1. The summed E-state index contributed by atoms with van der Waals surface area (Å²) < 4.78 is 30.3. The second kappa shape index (κ2) is 3.83. The normalized spacial score (nSPS) is 18.1. The Morgan fingerprint density at radius 2 is 2.06 bits per heavy atom. The Labute approximate surface area is 95.2 Å². The lowest BCUT2D eigenvalue weighted by Crippen LogP contribution is -2.35. The second-order valence-electron chi connectivity index (χ2n) is 3.56. The van der Waals surface area contributed by atoms with Crippen molar-refractivity contribution < 1.29 is 13.2 Å². The van der Waals surface area contributed by atoms with E-state index in [2.05, 4.69) is 0 Å². The fraction of sp³-hybridized carbons (Fsp3) is 0.273. The Morgan fingerprint density at radius 1 is 1.38 bits per heavy atom. The Hall–Kier alpha value is -1.49. The largest absolute Gasteiger partial charge is 0.485 e. The average molecular weight is 239 g/mol. The molecule has 0 amide bonds. The Balaban J connectivity index is 2.63. The monoisotopic (exact) mass is 239 g/mol. The number of sulfonamides is 1. The minimum Gasteiger partial charge on any atom is -0.485 e. The summed E-state index contributed by atoms with van der Waals surface area (Å²) >= 11 is 0. The van der Waals surface area contributed by atoms with Gasteiger partial charge < -0.3 is 4.74 Å². The molecule has 0 atom stereocenters. The van der Waals surface area contributed by atoms with Gasteiger partial charge in [0.1, 0.15) is 12.4 Å². The molecule has 1 aliphatic heterocycles. The summed E-state index contributed by atoms with van der Waals surface area (Å²) in [5.41, 5.74) is 1.21. The lowest BCUT2D eigenvalue weighted by atomic mass is 10.2. The van der Waals surface area contributed by atoms with Gasteiger partial charge in [-0.15, -0.1) is 0 Å². The van der Waals surface area contributed by atoms with Crippen molar-refractivity contribution in [2.45, 2.75) is 6.92 Å². The highest BCUT2D eigenvalue weighted by atomic mass is 32.2. The number of rotatable bonds is 1. The zero-order valence-corrected chi connectivity index (χ0v) is 9.99. The van der Waals surface area contributed by atoms with Crippen LogP contribution in [0.3, 0.4) is 0 Å². The summed E-state index contributed by atoms with van der Waals surface area (Å²) in [6.45, 7) is 2.07. The third-order valence-corrected chi connectivity index (χ3v) is 3.48. The molecule has 0 unspecified atom stereocenters. The highest BCUT2D eigenvalue weighted by Crippen LogP contribution is 2.36. The molecular weight excluding hydrogens is 226 g/mol. The molecule has 86 valence electrons. The summed E-state index contributed by atoms with van der Waals surface area (Å²) in [7, 11) is -3.32. The van der Waals surface area contributed by atoms with Crippen LogP contribution in [-0.4, -0.2) is 21.3 Å². The van der Waals surface area contributed by atoms with Crippen molar-refractivity contribution >= 4 is 15.7 Å². The molecule has 16 heavy (non-hydrogen) atoms. The second-order valence-corrected chi connectivity index (χ2v) is 5.39. The number of allylic oxidation sites excluding steroid dienone is 1. The van der Waals surface area contributed by atoms with Crippen LogP contribution in [0.15, 0.2) is 36.0 Å². The van der Waals surface area contributed by atoms with Gasteiger partial charge in [0.05, 0.1) is 17.6 Å². The van der Waals surface area contributed by atoms with Crippen LogP contribution in [0.5, 0.6) is 5.75 Å². The molecule has 0 bridgehead atoms. The van der Waals surface area contributed by atoms with Crippen molar-refractivity contribution in [2.75, 3.05) is 17.2 Å². The maximum atomic E-state index is 11.7. The van der Waals surface area contributed by atoms with Gasteiger partial charge >= 0.3 is 0 Å². The minimum absolute atomic E-state index is 0.278. The van der Waals surface area contributed by atoms with Crippen LogP contribution < -0.4 is 9.04 Å². The fourth-order valence-corrected chi connectivity index (χ4v) is 2.80. The lowest BCUT2D eigenvalue weighted by molar-refractivity contribution is 0.340. The highest BCUT2D eigenvalue weighted by Gasteiger charge is 2.28. The molecule has 0 aromatic heterocycles. The summed E-state index contributed by atoms with van der Waals surface area (Å²) in [6, 6.07) is 7.11. The van der Waals surface area contributed by atoms with Crippen molar-refractivity contribution in [1.82, 2.24) is 0 Å². The predicted molar refractivity (Wildman–Crippen MR) is 63.0 cm³/mol. The van der Waals surface area contributed by atoms with Crippen LogP contribution in [0.1, 0.15) is 6.92 Å². The predicted octanol–water partition coefficient (Wildman–Crippen LogP) is 1.75. The van der Waals surface area contributed by atoms with Gasteiger partial charge in [0.15, 0.2) is 0 Å². The maximum absolute atomic E-state index is 11.7. The number of anilines is 1. The molecule has 5 heteroatoms. The van der Waals surface area contributed by atoms with E-state index in [4.69, 9.17) is 4.74 Å². The van der Waals surface area contributed by atoms with E-state index in [1.807, 2.05) is 6.07 Å². The van der Waals surface area contributed by atoms with Crippen molar-refractivity contribution in [3.05, 3.63) is 36.0 Å². The zero-order chi connectivity index (χ0) is 11.8. The first kappa shape index (κ1) is 11.0. The zero-order valence-electron chi connectivity index (χ0n) is 9.17. The molecule has 0 saturated heterocycles. The van der Waals surface area contributed by atoms with Gasteiger partial charge in [0.25, 0.3) is 0 Å². The van der Waals surface area contributed by atoms with Gasteiger partial charge in [-0.1, -0.05) is 18.2 Å². The first-order valence-electron chi connectivity index (χ1n) is 4.91. The van der Waals surface area contributed by atoms with Crippen LogP contribution >= 0.6 is 0 Å². The van der Waals surface area contributed by atoms with Crippen molar-refractivity contribution in [1.29, 1.82) is 0 Å². The van der Waals surface area contributed by atoms with E-state index in [-0.39, 0.29) is 6.61 Å². The molecule has 1 aliphatic rings. The standard InChI is InChI=1S/C11H13NO3S/c1-3-9-8-15-11-7-5-4-6-10(11)12(9)16(2,13)14/h3-7H,8H2,1-2H3/b9-3-. The third-order valence-electron chi connectivity index (χ3n) is 2.39. The maximum Gasteiger partial charge on any atom is 0.236 e. The van der Waals surface area contributed by atoms with Crippen LogP contribution in [0.4, 0.5) is 5.69 Å². The molecule has 0 saturated carbocycles. The van der Waals surface area contributed by atoms with E-state index < -0.39 is 10.0 Å². The van der Waals surface area contributed by atoms with Crippen LogP contribution in [-0.2, 0) is 10.0 Å². The molecule has 2 rings (SSSR count). The summed E-state index contributed by atoms with van der Waals surface area (Å²) in [6.07, 6.45) is 2.94. The van der Waals surface area contributed by atoms with Gasteiger partial charge in [-0.3, -0.25) is 0 Å². The van der Waals surface area contributed by atoms with E-state index in [1.165, 1.54) is 10.6 Å². The highest BCUT2D eigenvalue weighted by molar-refractivity contribution is 7.92. The molecule has 0 radical (unpaired) electrons. The van der Waals surface area contributed by atoms with Crippen molar-refractivity contribution in [2.24, 2.45) is 0 Å². The van der Waals surface area contributed by atoms with Gasteiger partial charge in [-0.25, -0.2) is 12.7 Å². The van der Waals surface area contributed by atoms with Gasteiger partial charge in [-0.05, 0) is 19.1 Å². The number of benzene rings is 1. The topological polar surface area (TPSA) is 46.6 Å². The SMILES string of the molecule is C/C=C1/COc2ccccc2N1S(C)(=O)=O. The number of hydrogen-bond acceptors (Lipinski definition) is 3. The van der Waals surface area contributed by atoms with Crippen LogP contribution in [0, 0.1) is 0 Å². The molecular formula is C11H13NO3S. The van der Waals surface area contributed by atoms with Crippen LogP contribution in [0.2, 0.25) is 0 Å². The molecule has 1 aromatic rings. The van der Waals surface area contributed by atoms with Crippen molar-refractivity contribution in [3.8, 4) is 5.75 Å². The van der Waals surface area contributed by atoms with Gasteiger partial charge in [0.2, 0.25) is 10.0 Å². The Kier molecular flexibility index (Phi) is 2.63.